The third kappa shape index (κ3) is 3.40. The summed E-state index contributed by atoms with van der Waals surface area (Å²) in [5.41, 5.74) is 2.32. The number of Topliss-reactive ketones (excluding diaryl/α,β-unsaturated/α-hetero) is 1. The molecule has 2 aromatic carbocycles. The zero-order valence-corrected chi connectivity index (χ0v) is 19.3. The molecule has 3 aromatic rings. The Hall–Kier alpha value is -3.25. The second-order valence-electron chi connectivity index (χ2n) is 8.71. The van der Waals surface area contributed by atoms with Crippen molar-refractivity contribution in [1.29, 1.82) is 0 Å². The molecule has 1 unspecified atom stereocenters. The lowest BCUT2D eigenvalue weighted by molar-refractivity contribution is -0.141. The van der Waals surface area contributed by atoms with Crippen LogP contribution < -0.4 is 4.74 Å². The summed E-state index contributed by atoms with van der Waals surface area (Å²) < 4.78 is 7.28. The van der Waals surface area contributed by atoms with Gasteiger partial charge in [-0.3, -0.25) is 9.59 Å². The molecule has 1 aromatic heterocycles. The van der Waals surface area contributed by atoms with E-state index in [9.17, 15) is 14.7 Å². The van der Waals surface area contributed by atoms with Gasteiger partial charge < -0.3 is 19.3 Å². The molecule has 1 saturated heterocycles. The average molecular weight is 465 g/mol. The Balaban J connectivity index is 1.75. The number of rotatable bonds is 4. The summed E-state index contributed by atoms with van der Waals surface area (Å²) in [4.78, 5) is 28.4. The van der Waals surface area contributed by atoms with Gasteiger partial charge in [-0.1, -0.05) is 42.6 Å². The molecule has 2 fully saturated rings. The molecule has 1 atom stereocenters. The van der Waals surface area contributed by atoms with Crippen LogP contribution in [-0.2, 0) is 16.6 Å². The molecule has 7 heteroatoms. The first-order chi connectivity index (χ1) is 15.9. The minimum Gasteiger partial charge on any atom is -0.507 e. The van der Waals surface area contributed by atoms with Crippen LogP contribution in [0.5, 0.6) is 5.75 Å². The average Bonchev–Trinajstić information content (AvgIpc) is 3.52. The van der Waals surface area contributed by atoms with Crippen LogP contribution in [0.25, 0.3) is 16.7 Å². The van der Waals surface area contributed by atoms with Crippen LogP contribution in [0.2, 0.25) is 5.02 Å². The molecule has 2 aliphatic rings. The Morgan fingerprint density at radius 1 is 1.12 bits per heavy atom. The van der Waals surface area contributed by atoms with Crippen molar-refractivity contribution in [1.82, 2.24) is 9.47 Å². The maximum Gasteiger partial charge on any atom is 0.295 e. The number of aryl methyl sites for hydroxylation is 1. The van der Waals surface area contributed by atoms with Crippen LogP contribution in [0, 0.1) is 0 Å². The van der Waals surface area contributed by atoms with Crippen molar-refractivity contribution in [3.63, 3.8) is 0 Å². The van der Waals surface area contributed by atoms with Gasteiger partial charge in [0, 0.05) is 41.3 Å². The van der Waals surface area contributed by atoms with E-state index in [1.807, 2.05) is 42.1 Å². The molecule has 6 nitrogen and oxygen atoms in total. The number of aliphatic hydroxyl groups is 1. The van der Waals surface area contributed by atoms with E-state index in [-0.39, 0.29) is 17.4 Å². The normalized spacial score (nSPS) is 20.8. The van der Waals surface area contributed by atoms with E-state index in [1.54, 1.807) is 23.1 Å². The molecule has 0 spiro atoms. The number of fused-ring (bicyclic) bond motifs is 1. The standard InChI is InChI=1S/C26H25ClN2O4/c1-28-14-18(17-9-5-6-10-20(17)28)23-22(24(30)15-11-12-19(27)21(13-15)33-2)25(31)26(32)29(23)16-7-3-4-8-16/h5-6,9-14,16,23,30H,3-4,7-8H2,1-2H3/b24-22+. The SMILES string of the molecule is COc1cc(/C(O)=C2\C(=O)C(=O)N(C3CCCC3)C2c2cn(C)c3ccccc23)ccc1Cl. The Bertz CT molecular complexity index is 1300. The lowest BCUT2D eigenvalue weighted by Gasteiger charge is -2.30. The number of hydrogen-bond acceptors (Lipinski definition) is 4. The van der Waals surface area contributed by atoms with Gasteiger partial charge in [0.2, 0.25) is 0 Å². The fraction of sp³-hybridized carbons (Fsp3) is 0.308. The summed E-state index contributed by atoms with van der Waals surface area (Å²) >= 11 is 6.16. The second kappa shape index (κ2) is 8.27. The van der Waals surface area contributed by atoms with Crippen molar-refractivity contribution in [2.75, 3.05) is 7.11 Å². The van der Waals surface area contributed by atoms with Gasteiger partial charge in [0.1, 0.15) is 11.5 Å². The van der Waals surface area contributed by atoms with Gasteiger partial charge in [0.25, 0.3) is 11.7 Å². The van der Waals surface area contributed by atoms with Gasteiger partial charge in [-0.25, -0.2) is 0 Å². The monoisotopic (exact) mass is 464 g/mol. The molecule has 0 radical (unpaired) electrons. The number of amides is 1. The highest BCUT2D eigenvalue weighted by Gasteiger charge is 2.50. The van der Waals surface area contributed by atoms with Crippen molar-refractivity contribution >= 4 is 40.0 Å². The van der Waals surface area contributed by atoms with Crippen molar-refractivity contribution in [3.8, 4) is 5.75 Å². The Morgan fingerprint density at radius 2 is 1.85 bits per heavy atom. The van der Waals surface area contributed by atoms with Crippen molar-refractivity contribution in [2.45, 2.75) is 37.8 Å². The first kappa shape index (κ1) is 21.6. The number of ether oxygens (including phenoxy) is 1. The van der Waals surface area contributed by atoms with E-state index in [2.05, 4.69) is 0 Å². The lowest BCUT2D eigenvalue weighted by atomic mass is 9.94. The number of hydrogen-bond donors (Lipinski definition) is 1. The molecular formula is C26H25ClN2O4. The molecule has 1 saturated carbocycles. The molecule has 170 valence electrons. The quantitative estimate of drug-likeness (QED) is 0.327. The number of ketones is 1. The van der Waals surface area contributed by atoms with Gasteiger partial charge in [0.15, 0.2) is 0 Å². The Labute approximate surface area is 197 Å². The maximum atomic E-state index is 13.4. The second-order valence-corrected chi connectivity index (χ2v) is 9.11. The largest absolute Gasteiger partial charge is 0.507 e. The van der Waals surface area contributed by atoms with Crippen LogP contribution in [0.15, 0.2) is 54.2 Å². The Kier molecular flexibility index (Phi) is 5.41. The van der Waals surface area contributed by atoms with Gasteiger partial charge >= 0.3 is 0 Å². The highest BCUT2D eigenvalue weighted by atomic mass is 35.5. The molecule has 2 heterocycles. The molecule has 1 amide bonds. The summed E-state index contributed by atoms with van der Waals surface area (Å²) in [6.07, 6.45) is 5.69. The van der Waals surface area contributed by atoms with Crippen LogP contribution in [0.1, 0.15) is 42.9 Å². The number of methoxy groups -OCH3 is 1. The molecule has 1 aliphatic heterocycles. The summed E-state index contributed by atoms with van der Waals surface area (Å²) in [6, 6.07) is 12.0. The van der Waals surface area contributed by atoms with Crippen molar-refractivity contribution in [2.24, 2.45) is 7.05 Å². The first-order valence-corrected chi connectivity index (χ1v) is 11.5. The van der Waals surface area contributed by atoms with Gasteiger partial charge in [0.05, 0.1) is 23.7 Å². The highest BCUT2D eigenvalue weighted by Crippen LogP contribution is 2.46. The topological polar surface area (TPSA) is 71.8 Å². The van der Waals surface area contributed by atoms with E-state index in [1.165, 1.54) is 7.11 Å². The van der Waals surface area contributed by atoms with Gasteiger partial charge in [-0.2, -0.15) is 0 Å². The van der Waals surface area contributed by atoms with E-state index in [0.717, 1.165) is 42.1 Å². The number of aromatic nitrogens is 1. The number of likely N-dealkylation sites (tertiary alicyclic amines) is 1. The number of halogens is 1. The molecule has 5 rings (SSSR count). The van der Waals surface area contributed by atoms with Crippen LogP contribution in [-0.4, -0.2) is 39.4 Å². The first-order valence-electron chi connectivity index (χ1n) is 11.1. The van der Waals surface area contributed by atoms with Crippen molar-refractivity contribution in [3.05, 3.63) is 70.4 Å². The highest BCUT2D eigenvalue weighted by molar-refractivity contribution is 6.47. The number of nitrogens with zero attached hydrogens (tertiary/aromatic N) is 2. The third-order valence-electron chi connectivity index (χ3n) is 6.85. The smallest absolute Gasteiger partial charge is 0.295 e. The summed E-state index contributed by atoms with van der Waals surface area (Å²) in [5, 5.41) is 12.7. The van der Waals surface area contributed by atoms with Crippen LogP contribution in [0.3, 0.4) is 0 Å². The Morgan fingerprint density at radius 3 is 2.58 bits per heavy atom. The maximum absolute atomic E-state index is 13.4. The molecule has 0 bridgehead atoms. The minimum absolute atomic E-state index is 0.0320. The number of carbonyl (C=O) groups excluding carboxylic acids is 2. The number of aliphatic hydroxyl groups excluding tert-OH is 1. The zero-order valence-electron chi connectivity index (χ0n) is 18.5. The van der Waals surface area contributed by atoms with Crippen LogP contribution >= 0.6 is 11.6 Å². The summed E-state index contributed by atoms with van der Waals surface area (Å²) in [5.74, 6) is -1.05. The van der Waals surface area contributed by atoms with Crippen LogP contribution in [0.4, 0.5) is 0 Å². The number of benzene rings is 2. The summed E-state index contributed by atoms with van der Waals surface area (Å²) in [7, 11) is 3.43. The predicted octanol–water partition coefficient (Wildman–Crippen LogP) is 5.20. The molecule has 33 heavy (non-hydrogen) atoms. The minimum atomic E-state index is -0.666. The van der Waals surface area contributed by atoms with Gasteiger partial charge in [-0.15, -0.1) is 0 Å². The number of carbonyl (C=O) groups is 2. The number of para-hydroxylation sites is 1. The fourth-order valence-corrected chi connectivity index (χ4v) is 5.46. The zero-order chi connectivity index (χ0) is 23.3. The van der Waals surface area contributed by atoms with Crippen molar-refractivity contribution < 1.29 is 19.4 Å². The fourth-order valence-electron chi connectivity index (χ4n) is 5.27. The van der Waals surface area contributed by atoms with E-state index in [0.29, 0.717) is 16.3 Å². The third-order valence-corrected chi connectivity index (χ3v) is 7.16. The molecule has 1 aliphatic carbocycles. The van der Waals surface area contributed by atoms with E-state index in [4.69, 9.17) is 16.3 Å². The predicted molar refractivity (Wildman–Crippen MR) is 127 cm³/mol. The summed E-state index contributed by atoms with van der Waals surface area (Å²) in [6.45, 7) is 0. The van der Waals surface area contributed by atoms with Gasteiger partial charge in [-0.05, 0) is 37.1 Å². The van der Waals surface area contributed by atoms with E-state index < -0.39 is 17.7 Å². The molecule has 1 N–H and O–H groups in total. The molecular weight excluding hydrogens is 440 g/mol. The van der Waals surface area contributed by atoms with E-state index >= 15 is 0 Å². The lowest BCUT2D eigenvalue weighted by Crippen LogP contribution is -2.37.